The lowest BCUT2D eigenvalue weighted by molar-refractivity contribution is -0.113. The third-order valence-electron chi connectivity index (χ3n) is 2.44. The minimum Gasteiger partial charge on any atom is -0.327 e. The van der Waals surface area contributed by atoms with Gasteiger partial charge in [0.1, 0.15) is 0 Å². The van der Waals surface area contributed by atoms with E-state index in [0.29, 0.717) is 16.2 Å². The molecule has 106 valence electrons. The van der Waals surface area contributed by atoms with Gasteiger partial charge in [-0.1, -0.05) is 47.3 Å². The number of thiazole rings is 1. The molecule has 0 saturated heterocycles. The van der Waals surface area contributed by atoms with Gasteiger partial charge in [-0.05, 0) is 0 Å². The number of thioether (sulfide) groups is 1. The van der Waals surface area contributed by atoms with Crippen LogP contribution in [0.2, 0.25) is 0 Å². The van der Waals surface area contributed by atoms with Crippen LogP contribution in [0.1, 0.15) is 0 Å². The van der Waals surface area contributed by atoms with Gasteiger partial charge >= 0.3 is 0 Å². The third kappa shape index (κ3) is 3.67. The summed E-state index contributed by atoms with van der Waals surface area (Å²) in [5.41, 5.74) is 0.875. The topological polar surface area (TPSA) is 80.9 Å². The zero-order valence-electron chi connectivity index (χ0n) is 10.7. The average Bonchev–Trinajstić information content (AvgIpc) is 3.17. The molecule has 1 amide bonds. The summed E-state index contributed by atoms with van der Waals surface area (Å²) < 4.78 is 5.11. The number of aromatic nitrogens is 3. The number of benzene rings is 1. The highest BCUT2D eigenvalue weighted by Gasteiger charge is 2.11. The van der Waals surface area contributed by atoms with Crippen LogP contribution in [0.3, 0.4) is 0 Å². The highest BCUT2D eigenvalue weighted by Crippen LogP contribution is 2.21. The van der Waals surface area contributed by atoms with E-state index in [4.69, 9.17) is 4.52 Å². The average molecular weight is 318 g/mol. The molecule has 8 heteroatoms. The van der Waals surface area contributed by atoms with Crippen molar-refractivity contribution < 1.29 is 9.32 Å². The van der Waals surface area contributed by atoms with Crippen LogP contribution in [0.4, 0.5) is 5.13 Å². The molecule has 2 heterocycles. The summed E-state index contributed by atoms with van der Waals surface area (Å²) >= 11 is 2.56. The van der Waals surface area contributed by atoms with Gasteiger partial charge in [0.25, 0.3) is 5.22 Å². The zero-order chi connectivity index (χ0) is 14.5. The first kappa shape index (κ1) is 13.8. The Labute approximate surface area is 128 Å². The van der Waals surface area contributed by atoms with E-state index in [0.717, 1.165) is 5.56 Å². The normalized spacial score (nSPS) is 10.5. The molecule has 0 atom stereocenters. The fourth-order valence-electron chi connectivity index (χ4n) is 1.54. The largest absolute Gasteiger partial charge is 0.327 e. The summed E-state index contributed by atoms with van der Waals surface area (Å²) in [6, 6.07) is 9.52. The first-order valence-corrected chi connectivity index (χ1v) is 7.89. The lowest BCUT2D eigenvalue weighted by atomic mass is 10.2. The fourth-order valence-corrected chi connectivity index (χ4v) is 2.65. The second-order valence-corrected chi connectivity index (χ2v) is 5.75. The number of hydrogen-bond donors (Lipinski definition) is 1. The maximum absolute atomic E-state index is 11.7. The predicted octanol–water partition coefficient (Wildman–Crippen LogP) is 2.92. The van der Waals surface area contributed by atoms with Crippen molar-refractivity contribution in [2.45, 2.75) is 5.22 Å². The highest BCUT2D eigenvalue weighted by atomic mass is 32.2. The molecule has 2 aromatic heterocycles. The number of hydrogen-bond acceptors (Lipinski definition) is 7. The Hall–Kier alpha value is -2.19. The summed E-state index contributed by atoms with van der Waals surface area (Å²) in [5, 5.41) is 9.32. The Balaban J connectivity index is 1.56. The van der Waals surface area contributed by atoms with E-state index in [1.165, 1.54) is 23.1 Å². The molecule has 1 aromatic carbocycles. The molecule has 0 saturated carbocycles. The molecule has 0 aliphatic rings. The standard InChI is InChI=1S/C13H10N4O2S2/c18-10(15-12-14-6-7-20-12)8-21-13-16-11(17-19-13)9-4-2-1-3-5-9/h1-7H,8H2,(H,14,15,18). The van der Waals surface area contributed by atoms with Crippen molar-refractivity contribution in [2.75, 3.05) is 11.1 Å². The van der Waals surface area contributed by atoms with Gasteiger partial charge in [-0.15, -0.1) is 11.3 Å². The van der Waals surface area contributed by atoms with Crippen molar-refractivity contribution in [3.63, 3.8) is 0 Å². The number of nitrogens with zero attached hydrogens (tertiary/aromatic N) is 3. The van der Waals surface area contributed by atoms with Crippen LogP contribution in [0.25, 0.3) is 11.4 Å². The quantitative estimate of drug-likeness (QED) is 0.729. The van der Waals surface area contributed by atoms with E-state index in [1.807, 2.05) is 30.3 Å². The highest BCUT2D eigenvalue weighted by molar-refractivity contribution is 7.99. The molecule has 0 aliphatic heterocycles. The van der Waals surface area contributed by atoms with Gasteiger partial charge in [0.15, 0.2) is 5.13 Å². The molecular formula is C13H10N4O2S2. The van der Waals surface area contributed by atoms with Crippen molar-refractivity contribution in [2.24, 2.45) is 0 Å². The number of anilines is 1. The molecule has 0 fully saturated rings. The van der Waals surface area contributed by atoms with Crippen LogP contribution in [0.5, 0.6) is 0 Å². The summed E-state index contributed by atoms with van der Waals surface area (Å²) in [5.74, 6) is 0.545. The SMILES string of the molecule is O=C(CSc1nc(-c2ccccc2)no1)Nc1nccs1. The van der Waals surface area contributed by atoms with E-state index < -0.39 is 0 Å². The zero-order valence-corrected chi connectivity index (χ0v) is 12.4. The third-order valence-corrected chi connectivity index (χ3v) is 3.95. The number of carbonyl (C=O) groups is 1. The van der Waals surface area contributed by atoms with Gasteiger partial charge in [-0.25, -0.2) is 4.98 Å². The summed E-state index contributed by atoms with van der Waals surface area (Å²) in [4.78, 5) is 19.9. The molecule has 0 radical (unpaired) electrons. The van der Waals surface area contributed by atoms with Gasteiger partial charge in [0.2, 0.25) is 11.7 Å². The monoisotopic (exact) mass is 318 g/mol. The molecular weight excluding hydrogens is 308 g/mol. The smallest absolute Gasteiger partial charge is 0.286 e. The van der Waals surface area contributed by atoms with E-state index in [1.54, 1.807) is 11.6 Å². The summed E-state index contributed by atoms with van der Waals surface area (Å²) in [6.07, 6.45) is 1.64. The Bertz CT molecular complexity index is 713. The number of rotatable bonds is 5. The molecule has 0 bridgehead atoms. The van der Waals surface area contributed by atoms with Crippen LogP contribution >= 0.6 is 23.1 Å². The first-order valence-electron chi connectivity index (χ1n) is 6.02. The van der Waals surface area contributed by atoms with E-state index in [-0.39, 0.29) is 11.7 Å². The van der Waals surface area contributed by atoms with Gasteiger partial charge in [-0.3, -0.25) is 4.79 Å². The molecule has 21 heavy (non-hydrogen) atoms. The second-order valence-electron chi connectivity index (χ2n) is 3.92. The van der Waals surface area contributed by atoms with Crippen LogP contribution in [-0.4, -0.2) is 26.8 Å². The number of nitrogens with one attached hydrogen (secondary N) is 1. The van der Waals surface area contributed by atoms with Crippen LogP contribution < -0.4 is 5.32 Å². The van der Waals surface area contributed by atoms with E-state index in [9.17, 15) is 4.79 Å². The maximum atomic E-state index is 11.7. The van der Waals surface area contributed by atoms with Crippen molar-refractivity contribution in [1.82, 2.24) is 15.1 Å². The molecule has 1 N–H and O–H groups in total. The lowest BCUT2D eigenvalue weighted by Gasteiger charge is -1.98. The molecule has 0 aliphatic carbocycles. The Morgan fingerprint density at radius 1 is 1.33 bits per heavy atom. The molecule has 3 aromatic rings. The first-order chi connectivity index (χ1) is 10.3. The van der Waals surface area contributed by atoms with Crippen LogP contribution in [0, 0.1) is 0 Å². The van der Waals surface area contributed by atoms with Gasteiger partial charge in [-0.2, -0.15) is 4.98 Å². The van der Waals surface area contributed by atoms with Crippen LogP contribution in [0.15, 0.2) is 51.7 Å². The van der Waals surface area contributed by atoms with Gasteiger partial charge in [0, 0.05) is 17.1 Å². The number of carbonyl (C=O) groups excluding carboxylic acids is 1. The maximum Gasteiger partial charge on any atom is 0.286 e. The Morgan fingerprint density at radius 3 is 2.95 bits per heavy atom. The van der Waals surface area contributed by atoms with E-state index in [2.05, 4.69) is 20.4 Å². The minimum atomic E-state index is -0.158. The van der Waals surface area contributed by atoms with Crippen LogP contribution in [-0.2, 0) is 4.79 Å². The lowest BCUT2D eigenvalue weighted by Crippen LogP contribution is -2.13. The van der Waals surface area contributed by atoms with Crippen molar-refractivity contribution >= 4 is 34.1 Å². The second kappa shape index (κ2) is 6.51. The van der Waals surface area contributed by atoms with Gasteiger partial charge < -0.3 is 9.84 Å². The predicted molar refractivity (Wildman–Crippen MR) is 81.2 cm³/mol. The van der Waals surface area contributed by atoms with Crippen molar-refractivity contribution in [1.29, 1.82) is 0 Å². The summed E-state index contributed by atoms with van der Waals surface area (Å²) in [7, 11) is 0. The molecule has 6 nitrogen and oxygen atoms in total. The fraction of sp³-hybridized carbons (Fsp3) is 0.0769. The van der Waals surface area contributed by atoms with E-state index >= 15 is 0 Å². The van der Waals surface area contributed by atoms with Crippen molar-refractivity contribution in [3.8, 4) is 11.4 Å². The molecule has 3 rings (SSSR count). The van der Waals surface area contributed by atoms with Gasteiger partial charge in [0.05, 0.1) is 5.75 Å². The Kier molecular flexibility index (Phi) is 4.27. The minimum absolute atomic E-state index is 0.158. The summed E-state index contributed by atoms with van der Waals surface area (Å²) in [6.45, 7) is 0. The Morgan fingerprint density at radius 2 is 2.19 bits per heavy atom. The van der Waals surface area contributed by atoms with Crippen molar-refractivity contribution in [3.05, 3.63) is 41.9 Å². The molecule has 0 unspecified atom stereocenters. The number of amides is 1. The molecule has 0 spiro atoms.